The third kappa shape index (κ3) is 4.83. The number of benzene rings is 3. The quantitative estimate of drug-likeness (QED) is 0.719. The molecule has 1 atom stereocenters. The van der Waals surface area contributed by atoms with Crippen LogP contribution in [0.5, 0.6) is 0 Å². The molecule has 0 bridgehead atoms. The van der Waals surface area contributed by atoms with Crippen molar-refractivity contribution in [3.8, 4) is 11.1 Å². The molecular weight excluding hydrogens is 291 g/mol. The summed E-state index contributed by atoms with van der Waals surface area (Å²) in [5.41, 5.74) is 2.88. The summed E-state index contributed by atoms with van der Waals surface area (Å²) in [5, 5.41) is 9.46. The van der Waals surface area contributed by atoms with Gasteiger partial charge in [0.1, 0.15) is 0 Å². The zero-order chi connectivity index (χ0) is 15.8. The Morgan fingerprint density at radius 3 is 1.45 bits per heavy atom. The first kappa shape index (κ1) is 15.9. The normalized spacial score (nSPS) is 9.50. The van der Waals surface area contributed by atoms with Crippen LogP contribution in [0.2, 0.25) is 0 Å². The molecule has 0 aliphatic carbocycles. The fourth-order valence-corrected chi connectivity index (χ4v) is 2.08. The second-order valence-corrected chi connectivity index (χ2v) is 5.33. The fraction of sp³-hybridized carbons (Fsp3) is 0. The zero-order valence-corrected chi connectivity index (χ0v) is 13.2. The molecule has 22 heavy (non-hydrogen) atoms. The van der Waals surface area contributed by atoms with E-state index < -0.39 is 5.97 Å². The molecule has 0 aliphatic rings. The predicted molar refractivity (Wildman–Crippen MR) is 94.6 cm³/mol. The predicted octanol–water partition coefficient (Wildman–Crippen LogP) is 4.24. The number of rotatable bonds is 2. The monoisotopic (exact) mass is 308 g/mol. The standard InChI is InChI=1S/C12H10.C7H7O2P/c1-3-7-11(8-4-1)12-9-5-2-6-10-12;8-7(9)5-1-3-6(10)4-2-5/h1-10H;1-4H,10H2,(H,8,9). The fourth-order valence-electron chi connectivity index (χ4n) is 1.89. The average Bonchev–Trinajstić information content (AvgIpc) is 2.57. The van der Waals surface area contributed by atoms with E-state index in [1.165, 1.54) is 11.1 Å². The molecule has 1 N–H and O–H groups in total. The Balaban J connectivity index is 0.000000164. The van der Waals surface area contributed by atoms with Crippen molar-refractivity contribution < 1.29 is 9.90 Å². The van der Waals surface area contributed by atoms with Crippen molar-refractivity contribution in [1.29, 1.82) is 0 Å². The van der Waals surface area contributed by atoms with Crippen molar-refractivity contribution in [2.45, 2.75) is 0 Å². The second kappa shape index (κ2) is 8.11. The Labute approximate surface area is 132 Å². The van der Waals surface area contributed by atoms with Crippen LogP contribution in [-0.4, -0.2) is 11.1 Å². The third-order valence-corrected chi connectivity index (χ3v) is 3.42. The van der Waals surface area contributed by atoms with Crippen LogP contribution >= 0.6 is 9.24 Å². The maximum atomic E-state index is 10.3. The number of carbonyl (C=O) groups is 1. The number of carboxylic acid groups (broad SMARTS) is 1. The highest BCUT2D eigenvalue weighted by atomic mass is 31.0. The Bertz CT molecular complexity index is 670. The van der Waals surface area contributed by atoms with Crippen molar-refractivity contribution in [2.75, 3.05) is 0 Å². The van der Waals surface area contributed by atoms with Gasteiger partial charge in [0.2, 0.25) is 0 Å². The summed E-state index contributed by atoms with van der Waals surface area (Å²) in [7, 11) is 2.49. The highest BCUT2D eigenvalue weighted by Gasteiger charge is 1.98. The molecule has 0 saturated heterocycles. The molecule has 1 unspecified atom stereocenters. The molecule has 0 amide bonds. The van der Waals surface area contributed by atoms with E-state index in [0.29, 0.717) is 5.56 Å². The van der Waals surface area contributed by atoms with Crippen molar-refractivity contribution in [2.24, 2.45) is 0 Å². The summed E-state index contributed by atoms with van der Waals surface area (Å²) in [5.74, 6) is -0.884. The van der Waals surface area contributed by atoms with E-state index in [-0.39, 0.29) is 0 Å². The Kier molecular flexibility index (Phi) is 5.88. The lowest BCUT2D eigenvalue weighted by atomic mass is 10.1. The molecule has 3 heteroatoms. The van der Waals surface area contributed by atoms with Crippen molar-refractivity contribution in [3.63, 3.8) is 0 Å². The van der Waals surface area contributed by atoms with Crippen LogP contribution in [-0.2, 0) is 0 Å². The van der Waals surface area contributed by atoms with E-state index in [1.54, 1.807) is 24.3 Å². The molecule has 0 saturated carbocycles. The zero-order valence-electron chi connectivity index (χ0n) is 12.0. The first-order valence-electron chi connectivity index (χ1n) is 6.86. The van der Waals surface area contributed by atoms with Gasteiger partial charge in [-0.2, -0.15) is 0 Å². The van der Waals surface area contributed by atoms with Crippen molar-refractivity contribution in [3.05, 3.63) is 90.5 Å². The number of hydrogen-bond acceptors (Lipinski definition) is 1. The molecular formula is C19H17O2P. The first-order valence-corrected chi connectivity index (χ1v) is 7.44. The van der Waals surface area contributed by atoms with Gasteiger partial charge in [0.25, 0.3) is 0 Å². The van der Waals surface area contributed by atoms with Gasteiger partial charge in [-0.15, -0.1) is 9.24 Å². The average molecular weight is 308 g/mol. The first-order chi connectivity index (χ1) is 10.7. The molecule has 0 radical (unpaired) electrons. The van der Waals surface area contributed by atoms with Gasteiger partial charge in [-0.3, -0.25) is 0 Å². The lowest BCUT2D eigenvalue weighted by molar-refractivity contribution is 0.0697. The summed E-state index contributed by atoms with van der Waals surface area (Å²) < 4.78 is 0. The number of aromatic carboxylic acids is 1. The van der Waals surface area contributed by atoms with E-state index in [1.807, 2.05) is 12.1 Å². The molecule has 0 spiro atoms. The highest BCUT2D eigenvalue weighted by molar-refractivity contribution is 7.27. The van der Waals surface area contributed by atoms with Gasteiger partial charge in [-0.05, 0) is 28.6 Å². The van der Waals surface area contributed by atoms with Gasteiger partial charge in [-0.25, -0.2) is 4.79 Å². The van der Waals surface area contributed by atoms with Crippen LogP contribution in [0.15, 0.2) is 84.9 Å². The Hall–Kier alpha value is -2.44. The lowest BCUT2D eigenvalue weighted by Crippen LogP contribution is -1.98. The van der Waals surface area contributed by atoms with E-state index in [9.17, 15) is 4.79 Å². The number of hydrogen-bond donors (Lipinski definition) is 1. The largest absolute Gasteiger partial charge is 0.478 e. The molecule has 0 fully saturated rings. The van der Waals surface area contributed by atoms with Gasteiger partial charge < -0.3 is 5.11 Å². The minimum atomic E-state index is -0.884. The molecule has 0 aromatic heterocycles. The highest BCUT2D eigenvalue weighted by Crippen LogP contribution is 2.17. The van der Waals surface area contributed by atoms with E-state index in [2.05, 4.69) is 57.8 Å². The van der Waals surface area contributed by atoms with Crippen LogP contribution in [0.25, 0.3) is 11.1 Å². The van der Waals surface area contributed by atoms with E-state index in [4.69, 9.17) is 5.11 Å². The molecule has 110 valence electrons. The van der Waals surface area contributed by atoms with Crippen LogP contribution in [0, 0.1) is 0 Å². The van der Waals surface area contributed by atoms with Crippen molar-refractivity contribution in [1.82, 2.24) is 0 Å². The minimum absolute atomic E-state index is 0.325. The SMILES string of the molecule is O=C(O)c1ccc(P)cc1.c1ccc(-c2ccccc2)cc1. The molecule has 3 aromatic carbocycles. The smallest absolute Gasteiger partial charge is 0.335 e. The van der Waals surface area contributed by atoms with Crippen molar-refractivity contribution >= 4 is 20.5 Å². The summed E-state index contributed by atoms with van der Waals surface area (Å²) in [6.07, 6.45) is 0. The van der Waals surface area contributed by atoms with Gasteiger partial charge >= 0.3 is 5.97 Å². The Morgan fingerprint density at radius 2 is 1.09 bits per heavy atom. The molecule has 0 aliphatic heterocycles. The van der Waals surface area contributed by atoms with Gasteiger partial charge in [0.15, 0.2) is 0 Å². The summed E-state index contributed by atoms with van der Waals surface area (Å²) in [4.78, 5) is 10.3. The molecule has 3 aromatic rings. The summed E-state index contributed by atoms with van der Waals surface area (Å²) in [6, 6.07) is 27.4. The lowest BCUT2D eigenvalue weighted by Gasteiger charge is -1.98. The molecule has 0 heterocycles. The van der Waals surface area contributed by atoms with Crippen LogP contribution in [0.3, 0.4) is 0 Å². The molecule has 2 nitrogen and oxygen atoms in total. The molecule has 3 rings (SSSR count). The maximum Gasteiger partial charge on any atom is 0.335 e. The summed E-state index contributed by atoms with van der Waals surface area (Å²) >= 11 is 0. The van der Waals surface area contributed by atoms with Crippen LogP contribution < -0.4 is 5.30 Å². The van der Waals surface area contributed by atoms with E-state index >= 15 is 0 Å². The van der Waals surface area contributed by atoms with E-state index in [0.717, 1.165) is 5.30 Å². The van der Waals surface area contributed by atoms with Gasteiger partial charge in [-0.1, -0.05) is 72.8 Å². The maximum absolute atomic E-state index is 10.3. The minimum Gasteiger partial charge on any atom is -0.478 e. The van der Waals surface area contributed by atoms with Crippen LogP contribution in [0.1, 0.15) is 10.4 Å². The second-order valence-electron chi connectivity index (χ2n) is 4.66. The Morgan fingerprint density at radius 1 is 0.682 bits per heavy atom. The summed E-state index contributed by atoms with van der Waals surface area (Å²) in [6.45, 7) is 0. The van der Waals surface area contributed by atoms with Gasteiger partial charge in [0.05, 0.1) is 5.56 Å². The van der Waals surface area contributed by atoms with Gasteiger partial charge in [0, 0.05) is 0 Å². The topological polar surface area (TPSA) is 37.3 Å². The van der Waals surface area contributed by atoms with Crippen LogP contribution in [0.4, 0.5) is 0 Å². The third-order valence-electron chi connectivity index (χ3n) is 3.04. The number of carboxylic acids is 1.